The maximum Gasteiger partial charge on any atom is 0.342 e. The fourth-order valence-corrected chi connectivity index (χ4v) is 4.49. The van der Waals surface area contributed by atoms with Crippen molar-refractivity contribution in [2.45, 2.75) is 32.1 Å². The Kier molecular flexibility index (Phi) is 5.81. The highest BCUT2D eigenvalue weighted by atomic mass is 79.9. The van der Waals surface area contributed by atoms with Crippen molar-refractivity contribution in [2.24, 2.45) is 0 Å². The van der Waals surface area contributed by atoms with E-state index in [0.717, 1.165) is 12.0 Å². The lowest BCUT2D eigenvalue weighted by molar-refractivity contribution is 0.0526. The van der Waals surface area contributed by atoms with Gasteiger partial charge < -0.3 is 9.15 Å². The molecule has 3 rings (SSSR count). The Bertz CT molecular complexity index is 1130. The van der Waals surface area contributed by atoms with Gasteiger partial charge >= 0.3 is 5.97 Å². The number of halogens is 1. The first-order chi connectivity index (χ1) is 13.3. The molecule has 3 aromatic rings. The maximum atomic E-state index is 12.7. The van der Waals surface area contributed by atoms with Crippen molar-refractivity contribution in [1.29, 1.82) is 0 Å². The number of rotatable bonds is 6. The Labute approximate surface area is 172 Å². The van der Waals surface area contributed by atoms with Crippen LogP contribution >= 0.6 is 15.9 Å². The molecule has 148 valence electrons. The molecule has 28 heavy (non-hydrogen) atoms. The Morgan fingerprint density at radius 1 is 1.18 bits per heavy atom. The average Bonchev–Trinajstić information content (AvgIpc) is 2.98. The number of ether oxygens (including phenoxy) is 1. The van der Waals surface area contributed by atoms with Crippen molar-refractivity contribution >= 4 is 48.6 Å². The molecule has 0 spiro atoms. The van der Waals surface area contributed by atoms with Crippen LogP contribution in [-0.2, 0) is 21.2 Å². The van der Waals surface area contributed by atoms with Gasteiger partial charge in [-0.25, -0.2) is 13.2 Å². The molecule has 0 saturated heterocycles. The van der Waals surface area contributed by atoms with Gasteiger partial charge in [-0.15, -0.1) is 0 Å². The predicted molar refractivity (Wildman–Crippen MR) is 111 cm³/mol. The predicted octanol–water partition coefficient (Wildman–Crippen LogP) is 5.04. The van der Waals surface area contributed by atoms with Gasteiger partial charge in [0, 0.05) is 5.39 Å². The van der Waals surface area contributed by atoms with E-state index >= 15 is 0 Å². The number of furan rings is 1. The molecule has 0 aliphatic heterocycles. The van der Waals surface area contributed by atoms with E-state index in [4.69, 9.17) is 9.15 Å². The van der Waals surface area contributed by atoms with Gasteiger partial charge in [0.2, 0.25) is 0 Å². The Balaban J connectivity index is 2.03. The number of carbonyl (C=O) groups excluding carboxylic acids is 1. The van der Waals surface area contributed by atoms with Crippen LogP contribution in [0.15, 0.2) is 50.2 Å². The summed E-state index contributed by atoms with van der Waals surface area (Å²) in [5, 5.41) is 0.476. The topological polar surface area (TPSA) is 85.6 Å². The van der Waals surface area contributed by atoms with Crippen LogP contribution in [0.1, 0.15) is 35.5 Å². The van der Waals surface area contributed by atoms with Crippen LogP contribution in [0.2, 0.25) is 0 Å². The molecule has 1 N–H and O–H groups in total. The van der Waals surface area contributed by atoms with E-state index in [-0.39, 0.29) is 17.1 Å². The minimum Gasteiger partial charge on any atom is -0.462 e. The average molecular weight is 466 g/mol. The standard InChI is InChI=1S/C20H20BrNO5S/c1-4-13-6-8-15(9-7-13)28(24,25)22-14-10-16-18(20(23)26-5-2)12(3)27-19(16)17(21)11-14/h6-11,22H,4-5H2,1-3H3. The highest BCUT2D eigenvalue weighted by molar-refractivity contribution is 9.10. The van der Waals surface area contributed by atoms with Crippen molar-refractivity contribution < 1.29 is 22.4 Å². The van der Waals surface area contributed by atoms with Gasteiger partial charge in [-0.2, -0.15) is 0 Å². The van der Waals surface area contributed by atoms with Crippen LogP contribution in [0.25, 0.3) is 11.0 Å². The summed E-state index contributed by atoms with van der Waals surface area (Å²) in [7, 11) is -3.78. The van der Waals surface area contributed by atoms with Crippen molar-refractivity contribution in [3.63, 3.8) is 0 Å². The van der Waals surface area contributed by atoms with E-state index in [1.807, 2.05) is 6.92 Å². The number of nitrogens with one attached hydrogen (secondary N) is 1. The molecule has 0 bridgehead atoms. The summed E-state index contributed by atoms with van der Waals surface area (Å²) in [6.07, 6.45) is 0.827. The van der Waals surface area contributed by atoms with E-state index in [0.29, 0.717) is 26.9 Å². The van der Waals surface area contributed by atoms with Crippen LogP contribution in [0.3, 0.4) is 0 Å². The number of fused-ring (bicyclic) bond motifs is 1. The number of sulfonamides is 1. The molecule has 0 fully saturated rings. The van der Waals surface area contributed by atoms with Gasteiger partial charge in [0.25, 0.3) is 10.0 Å². The van der Waals surface area contributed by atoms with E-state index < -0.39 is 16.0 Å². The highest BCUT2D eigenvalue weighted by Gasteiger charge is 2.23. The lowest BCUT2D eigenvalue weighted by Gasteiger charge is -2.10. The van der Waals surface area contributed by atoms with E-state index in [2.05, 4.69) is 20.7 Å². The van der Waals surface area contributed by atoms with Gasteiger partial charge in [-0.1, -0.05) is 19.1 Å². The zero-order chi connectivity index (χ0) is 20.5. The summed E-state index contributed by atoms with van der Waals surface area (Å²) in [6.45, 7) is 5.61. The number of esters is 1. The normalized spacial score (nSPS) is 11.6. The zero-order valence-electron chi connectivity index (χ0n) is 15.7. The molecule has 1 heterocycles. The summed E-state index contributed by atoms with van der Waals surface area (Å²) in [5.74, 6) is -0.106. The fourth-order valence-electron chi connectivity index (χ4n) is 2.91. The summed E-state index contributed by atoms with van der Waals surface area (Å²) in [6, 6.07) is 9.87. The van der Waals surface area contributed by atoms with E-state index in [9.17, 15) is 13.2 Å². The minimum absolute atomic E-state index is 0.162. The van der Waals surface area contributed by atoms with Gasteiger partial charge in [0.15, 0.2) is 0 Å². The third-order valence-electron chi connectivity index (χ3n) is 4.29. The second-order valence-corrected chi connectivity index (χ2v) is 8.73. The second kappa shape index (κ2) is 7.97. The summed E-state index contributed by atoms with van der Waals surface area (Å²) < 4.78 is 39.3. The van der Waals surface area contributed by atoms with Crippen molar-refractivity contribution in [2.75, 3.05) is 11.3 Å². The molecule has 0 amide bonds. The first kappa shape index (κ1) is 20.4. The SMILES string of the molecule is CCOC(=O)c1c(C)oc2c(Br)cc(NS(=O)(=O)c3ccc(CC)cc3)cc12. The number of hydrogen-bond donors (Lipinski definition) is 1. The second-order valence-electron chi connectivity index (χ2n) is 6.19. The van der Waals surface area contributed by atoms with Crippen molar-refractivity contribution in [3.8, 4) is 0 Å². The molecule has 0 radical (unpaired) electrons. The third kappa shape index (κ3) is 3.93. The zero-order valence-corrected chi connectivity index (χ0v) is 18.1. The summed E-state index contributed by atoms with van der Waals surface area (Å²) in [4.78, 5) is 12.5. The number of benzene rings is 2. The largest absolute Gasteiger partial charge is 0.462 e. The van der Waals surface area contributed by atoms with Gasteiger partial charge in [0.1, 0.15) is 16.9 Å². The van der Waals surface area contributed by atoms with Crippen LogP contribution in [0.4, 0.5) is 5.69 Å². The number of aryl methyl sites for hydroxylation is 2. The van der Waals surface area contributed by atoms with Crippen LogP contribution < -0.4 is 4.72 Å². The quantitative estimate of drug-likeness (QED) is 0.515. The van der Waals surface area contributed by atoms with Crippen LogP contribution in [0.5, 0.6) is 0 Å². The Morgan fingerprint density at radius 3 is 2.46 bits per heavy atom. The first-order valence-corrected chi connectivity index (χ1v) is 11.1. The molecule has 0 atom stereocenters. The fraction of sp³-hybridized carbons (Fsp3) is 0.250. The van der Waals surface area contributed by atoms with E-state index in [1.165, 1.54) is 0 Å². The van der Waals surface area contributed by atoms with Gasteiger partial charge in [-0.05, 0) is 66.0 Å². The molecule has 8 heteroatoms. The van der Waals surface area contributed by atoms with Crippen molar-refractivity contribution in [1.82, 2.24) is 0 Å². The molecular formula is C20H20BrNO5S. The van der Waals surface area contributed by atoms with Crippen molar-refractivity contribution in [3.05, 3.63) is 57.8 Å². The highest BCUT2D eigenvalue weighted by Crippen LogP contribution is 2.35. The first-order valence-electron chi connectivity index (χ1n) is 8.78. The molecule has 0 aliphatic rings. The minimum atomic E-state index is -3.78. The third-order valence-corrected chi connectivity index (χ3v) is 6.28. The smallest absolute Gasteiger partial charge is 0.342 e. The Morgan fingerprint density at radius 2 is 1.86 bits per heavy atom. The van der Waals surface area contributed by atoms with Gasteiger partial charge in [0.05, 0.1) is 21.7 Å². The molecule has 2 aromatic carbocycles. The summed E-state index contributed by atoms with van der Waals surface area (Å²) in [5.41, 5.74) is 2.10. The lowest BCUT2D eigenvalue weighted by atomic mass is 10.1. The number of carbonyl (C=O) groups is 1. The van der Waals surface area contributed by atoms with Gasteiger partial charge in [-0.3, -0.25) is 4.72 Å². The van der Waals surface area contributed by atoms with Crippen LogP contribution in [-0.4, -0.2) is 21.0 Å². The monoisotopic (exact) mass is 465 g/mol. The maximum absolute atomic E-state index is 12.7. The molecule has 0 unspecified atom stereocenters. The van der Waals surface area contributed by atoms with Crippen LogP contribution in [0, 0.1) is 6.92 Å². The van der Waals surface area contributed by atoms with E-state index in [1.54, 1.807) is 50.2 Å². The lowest BCUT2D eigenvalue weighted by Crippen LogP contribution is -2.13. The number of hydrogen-bond acceptors (Lipinski definition) is 5. The molecule has 1 aromatic heterocycles. The molecule has 0 saturated carbocycles. The molecule has 6 nitrogen and oxygen atoms in total. The molecular weight excluding hydrogens is 446 g/mol. The summed E-state index contributed by atoms with van der Waals surface area (Å²) >= 11 is 3.39. The Hall–Kier alpha value is -2.32. The number of anilines is 1. The molecule has 0 aliphatic carbocycles.